The first-order valence-electron chi connectivity index (χ1n) is 9.17. The maximum Gasteiger partial charge on any atom is 0.243 e. The third kappa shape index (κ3) is 5.77. The van der Waals surface area contributed by atoms with Gasteiger partial charge in [0, 0.05) is 12.1 Å². The number of nitrogens with zero attached hydrogens (tertiary/aromatic N) is 3. The van der Waals surface area contributed by atoms with E-state index in [9.17, 15) is 9.59 Å². The number of carbonyl (C=O) groups is 2. The van der Waals surface area contributed by atoms with E-state index in [2.05, 4.69) is 45.0 Å². The Hall–Kier alpha value is -3.48. The van der Waals surface area contributed by atoms with Gasteiger partial charge >= 0.3 is 0 Å². The van der Waals surface area contributed by atoms with E-state index in [4.69, 9.17) is 0 Å². The molecule has 0 atom stereocenters. The van der Waals surface area contributed by atoms with E-state index in [1.54, 1.807) is 23.1 Å². The van der Waals surface area contributed by atoms with Crippen LogP contribution in [0.3, 0.4) is 0 Å². The standard InChI is InChI=1S/C21H23N5O2/c1-16-5-7-17(8-6-16)3-2-4-20(27)23-13-21(28)25-18-9-11-19(12-10-18)26-15-22-14-24-26/h5-12,14-15H,2-4,13H2,1H3,(H,23,27)(H,25,28). The number of aryl methyl sites for hydroxylation is 2. The molecule has 0 saturated carbocycles. The largest absolute Gasteiger partial charge is 0.347 e. The van der Waals surface area contributed by atoms with E-state index in [1.807, 2.05) is 19.1 Å². The maximum absolute atomic E-state index is 12.0. The molecule has 7 nitrogen and oxygen atoms in total. The van der Waals surface area contributed by atoms with Crippen LogP contribution in [0, 0.1) is 6.92 Å². The van der Waals surface area contributed by atoms with E-state index < -0.39 is 0 Å². The van der Waals surface area contributed by atoms with E-state index in [0.29, 0.717) is 12.1 Å². The lowest BCUT2D eigenvalue weighted by molar-refractivity contribution is -0.124. The van der Waals surface area contributed by atoms with Gasteiger partial charge in [0.05, 0.1) is 12.2 Å². The number of benzene rings is 2. The molecule has 2 amide bonds. The number of rotatable bonds is 8. The van der Waals surface area contributed by atoms with Gasteiger partial charge in [-0.05, 0) is 49.6 Å². The van der Waals surface area contributed by atoms with E-state index in [1.165, 1.54) is 17.5 Å². The number of amides is 2. The molecule has 0 radical (unpaired) electrons. The summed E-state index contributed by atoms with van der Waals surface area (Å²) in [5, 5.41) is 9.46. The van der Waals surface area contributed by atoms with Gasteiger partial charge in [0.2, 0.25) is 11.8 Å². The first kappa shape index (κ1) is 19.3. The lowest BCUT2D eigenvalue weighted by Gasteiger charge is -2.08. The molecule has 7 heteroatoms. The van der Waals surface area contributed by atoms with Gasteiger partial charge in [-0.2, -0.15) is 5.10 Å². The van der Waals surface area contributed by atoms with Crippen LogP contribution in [-0.2, 0) is 16.0 Å². The summed E-state index contributed by atoms with van der Waals surface area (Å²) in [5.74, 6) is -0.385. The van der Waals surface area contributed by atoms with E-state index in [0.717, 1.165) is 18.5 Å². The van der Waals surface area contributed by atoms with Crippen LogP contribution < -0.4 is 10.6 Å². The second-order valence-electron chi connectivity index (χ2n) is 6.55. The quantitative estimate of drug-likeness (QED) is 0.632. The highest BCUT2D eigenvalue weighted by molar-refractivity contribution is 5.94. The molecule has 1 heterocycles. The maximum atomic E-state index is 12.0. The van der Waals surface area contributed by atoms with Crippen molar-refractivity contribution in [1.82, 2.24) is 20.1 Å². The topological polar surface area (TPSA) is 88.9 Å². The van der Waals surface area contributed by atoms with Gasteiger partial charge in [-0.3, -0.25) is 9.59 Å². The number of carbonyl (C=O) groups excluding carboxylic acids is 2. The average molecular weight is 377 g/mol. The van der Waals surface area contributed by atoms with Crippen molar-refractivity contribution >= 4 is 17.5 Å². The zero-order chi connectivity index (χ0) is 19.8. The fourth-order valence-electron chi connectivity index (χ4n) is 2.72. The van der Waals surface area contributed by atoms with Gasteiger partial charge in [-0.25, -0.2) is 9.67 Å². The molecule has 0 spiro atoms. The van der Waals surface area contributed by atoms with Crippen molar-refractivity contribution in [1.29, 1.82) is 0 Å². The molecule has 1 aromatic heterocycles. The number of aromatic nitrogens is 3. The normalized spacial score (nSPS) is 10.5. The minimum absolute atomic E-state index is 0.0474. The summed E-state index contributed by atoms with van der Waals surface area (Å²) in [5.41, 5.74) is 3.94. The van der Waals surface area contributed by atoms with Crippen molar-refractivity contribution in [2.24, 2.45) is 0 Å². The van der Waals surface area contributed by atoms with Crippen molar-refractivity contribution in [3.63, 3.8) is 0 Å². The SMILES string of the molecule is Cc1ccc(CCCC(=O)NCC(=O)Nc2ccc(-n3cncn3)cc2)cc1. The molecule has 3 rings (SSSR count). The Bertz CT molecular complexity index is 903. The van der Waals surface area contributed by atoms with Gasteiger partial charge < -0.3 is 10.6 Å². The van der Waals surface area contributed by atoms with Gasteiger partial charge in [-0.1, -0.05) is 29.8 Å². The van der Waals surface area contributed by atoms with Crippen molar-refractivity contribution in [2.45, 2.75) is 26.2 Å². The van der Waals surface area contributed by atoms with Crippen LogP contribution in [0.25, 0.3) is 5.69 Å². The van der Waals surface area contributed by atoms with Crippen LogP contribution in [0.1, 0.15) is 24.0 Å². The molecule has 0 unspecified atom stereocenters. The Morgan fingerprint density at radius 1 is 1.00 bits per heavy atom. The predicted molar refractivity (Wildman–Crippen MR) is 107 cm³/mol. The van der Waals surface area contributed by atoms with Gasteiger partial charge in [0.1, 0.15) is 12.7 Å². The van der Waals surface area contributed by atoms with Gasteiger partial charge in [0.15, 0.2) is 0 Å². The molecule has 0 aliphatic carbocycles. The molecular weight excluding hydrogens is 354 g/mol. The molecule has 0 aliphatic heterocycles. The van der Waals surface area contributed by atoms with Gasteiger partial charge in [-0.15, -0.1) is 0 Å². The first-order valence-corrected chi connectivity index (χ1v) is 9.17. The van der Waals surface area contributed by atoms with E-state index >= 15 is 0 Å². The van der Waals surface area contributed by atoms with Crippen molar-refractivity contribution in [3.8, 4) is 5.69 Å². The lowest BCUT2D eigenvalue weighted by atomic mass is 10.1. The number of hydrogen-bond acceptors (Lipinski definition) is 4. The van der Waals surface area contributed by atoms with E-state index in [-0.39, 0.29) is 18.4 Å². The molecule has 0 bridgehead atoms. The third-order valence-corrected chi connectivity index (χ3v) is 4.27. The van der Waals surface area contributed by atoms with Crippen LogP contribution >= 0.6 is 0 Å². The number of hydrogen-bond donors (Lipinski definition) is 2. The second-order valence-corrected chi connectivity index (χ2v) is 6.55. The first-order chi connectivity index (χ1) is 13.6. The highest BCUT2D eigenvalue weighted by atomic mass is 16.2. The number of anilines is 1. The Labute approximate surface area is 163 Å². The molecule has 0 aliphatic rings. The van der Waals surface area contributed by atoms with Crippen LogP contribution in [0.2, 0.25) is 0 Å². The summed E-state index contributed by atoms with van der Waals surface area (Å²) in [6.45, 7) is 2.00. The summed E-state index contributed by atoms with van der Waals surface area (Å²) in [6, 6.07) is 15.5. The lowest BCUT2D eigenvalue weighted by Crippen LogP contribution is -2.32. The molecule has 3 aromatic rings. The molecule has 28 heavy (non-hydrogen) atoms. The van der Waals surface area contributed by atoms with Crippen molar-refractivity contribution in [2.75, 3.05) is 11.9 Å². The molecular formula is C21H23N5O2. The second kappa shape index (κ2) is 9.45. The zero-order valence-corrected chi connectivity index (χ0v) is 15.8. The zero-order valence-electron chi connectivity index (χ0n) is 15.8. The molecule has 2 aromatic carbocycles. The highest BCUT2D eigenvalue weighted by Crippen LogP contribution is 2.12. The fourth-order valence-corrected chi connectivity index (χ4v) is 2.72. The van der Waals surface area contributed by atoms with Crippen molar-refractivity contribution < 1.29 is 9.59 Å². The predicted octanol–water partition coefficient (Wildman–Crippen LogP) is 2.65. The van der Waals surface area contributed by atoms with Crippen LogP contribution in [-0.4, -0.2) is 33.1 Å². The summed E-state index contributed by atoms with van der Waals surface area (Å²) < 4.78 is 1.63. The fraction of sp³-hybridized carbons (Fsp3) is 0.238. The Morgan fingerprint density at radius 3 is 2.43 bits per heavy atom. The minimum atomic E-state index is -0.264. The minimum Gasteiger partial charge on any atom is -0.347 e. The highest BCUT2D eigenvalue weighted by Gasteiger charge is 2.07. The van der Waals surface area contributed by atoms with Crippen LogP contribution in [0.5, 0.6) is 0 Å². The Kier molecular flexibility index (Phi) is 6.51. The van der Waals surface area contributed by atoms with Crippen LogP contribution in [0.4, 0.5) is 5.69 Å². The summed E-state index contributed by atoms with van der Waals surface area (Å²) in [7, 11) is 0. The summed E-state index contributed by atoms with van der Waals surface area (Å²) >= 11 is 0. The summed E-state index contributed by atoms with van der Waals surface area (Å²) in [6.07, 6.45) is 5.05. The molecule has 144 valence electrons. The van der Waals surface area contributed by atoms with Crippen molar-refractivity contribution in [3.05, 3.63) is 72.3 Å². The molecule has 2 N–H and O–H groups in total. The monoisotopic (exact) mass is 377 g/mol. The number of nitrogens with one attached hydrogen (secondary N) is 2. The summed E-state index contributed by atoms with van der Waals surface area (Å²) in [4.78, 5) is 27.8. The Balaban J connectivity index is 1.36. The smallest absolute Gasteiger partial charge is 0.243 e. The van der Waals surface area contributed by atoms with Gasteiger partial charge in [0.25, 0.3) is 0 Å². The average Bonchev–Trinajstić information content (AvgIpc) is 3.23. The third-order valence-electron chi connectivity index (χ3n) is 4.27. The van der Waals surface area contributed by atoms with Crippen LogP contribution in [0.15, 0.2) is 61.2 Å². The molecule has 0 fully saturated rings. The Morgan fingerprint density at radius 2 is 1.75 bits per heavy atom. The molecule has 0 saturated heterocycles.